The molecule has 1 amide bonds. The molecule has 2 aromatic heterocycles. The van der Waals surface area contributed by atoms with E-state index in [9.17, 15) is 4.79 Å². The number of aromatic nitrogens is 5. The van der Waals surface area contributed by atoms with E-state index < -0.39 is 6.09 Å². The van der Waals surface area contributed by atoms with Crippen LogP contribution in [0.5, 0.6) is 6.08 Å². The molecule has 0 unspecified atom stereocenters. The van der Waals surface area contributed by atoms with Crippen LogP contribution in [0.4, 0.5) is 4.79 Å². The fraction of sp³-hybridized carbons (Fsp3) is 0.421. The van der Waals surface area contributed by atoms with Crippen LogP contribution in [0.25, 0.3) is 11.4 Å². The van der Waals surface area contributed by atoms with Gasteiger partial charge in [0.1, 0.15) is 0 Å². The number of likely N-dealkylation sites (tertiary alicyclic amines) is 1. The van der Waals surface area contributed by atoms with Gasteiger partial charge in [-0.05, 0) is 31.2 Å². The number of hydrogen-bond donors (Lipinski definition) is 0. The van der Waals surface area contributed by atoms with Gasteiger partial charge in [0.05, 0.1) is 12.2 Å². The molecular formula is C19H20N6O3. The summed E-state index contributed by atoms with van der Waals surface area (Å²) in [4.78, 5) is 17.8. The quantitative estimate of drug-likeness (QED) is 0.671. The van der Waals surface area contributed by atoms with Gasteiger partial charge in [0.15, 0.2) is 0 Å². The van der Waals surface area contributed by atoms with E-state index in [0.29, 0.717) is 31.4 Å². The number of carbonyl (C=O) groups is 1. The average molecular weight is 380 g/mol. The molecule has 1 aliphatic heterocycles. The average Bonchev–Trinajstić information content (AvgIpc) is 3.12. The number of benzene rings is 1. The van der Waals surface area contributed by atoms with Crippen LogP contribution in [0, 0.1) is 0 Å². The van der Waals surface area contributed by atoms with Crippen molar-refractivity contribution in [1.82, 2.24) is 30.0 Å². The maximum absolute atomic E-state index is 12.0. The molecule has 0 N–H and O–H groups in total. The van der Waals surface area contributed by atoms with E-state index in [1.54, 1.807) is 4.90 Å². The van der Waals surface area contributed by atoms with Gasteiger partial charge in [0.2, 0.25) is 5.82 Å². The molecule has 1 aliphatic carbocycles. The summed E-state index contributed by atoms with van der Waals surface area (Å²) < 4.78 is 12.1. The summed E-state index contributed by atoms with van der Waals surface area (Å²) in [6.45, 7) is 2.06. The molecule has 5 rings (SSSR count). The fourth-order valence-corrected chi connectivity index (χ4v) is 3.31. The van der Waals surface area contributed by atoms with Gasteiger partial charge >= 0.3 is 12.2 Å². The first kappa shape index (κ1) is 16.9. The van der Waals surface area contributed by atoms with Crippen molar-refractivity contribution in [2.24, 2.45) is 0 Å². The van der Waals surface area contributed by atoms with Crippen LogP contribution in [0.2, 0.25) is 0 Å². The molecule has 0 radical (unpaired) electrons. The smallest absolute Gasteiger partial charge is 0.359 e. The zero-order valence-electron chi connectivity index (χ0n) is 15.3. The minimum atomic E-state index is -0.443. The van der Waals surface area contributed by atoms with Gasteiger partial charge in [-0.15, -0.1) is 5.10 Å². The van der Waals surface area contributed by atoms with E-state index in [1.807, 2.05) is 35.1 Å². The fourth-order valence-electron chi connectivity index (χ4n) is 3.31. The second-order valence-electron chi connectivity index (χ2n) is 7.26. The third kappa shape index (κ3) is 3.60. The van der Waals surface area contributed by atoms with Gasteiger partial charge in [-0.25, -0.2) is 9.48 Å². The number of amides is 1. The third-order valence-corrected chi connectivity index (χ3v) is 5.05. The molecule has 9 nitrogen and oxygen atoms in total. The van der Waals surface area contributed by atoms with Crippen LogP contribution < -0.4 is 4.74 Å². The Bertz CT molecular complexity index is 970. The largest absolute Gasteiger partial charge is 0.426 e. The Morgan fingerprint density at radius 2 is 1.96 bits per heavy atom. The van der Waals surface area contributed by atoms with Crippen LogP contribution in [0.1, 0.15) is 42.9 Å². The maximum atomic E-state index is 12.0. The van der Waals surface area contributed by atoms with E-state index in [2.05, 4.69) is 20.5 Å². The Labute approximate surface area is 161 Å². The minimum Gasteiger partial charge on any atom is -0.359 e. The zero-order valence-corrected chi connectivity index (χ0v) is 15.3. The molecule has 3 heterocycles. The summed E-state index contributed by atoms with van der Waals surface area (Å²) in [5.41, 5.74) is 2.97. The molecular weight excluding hydrogens is 360 g/mol. The highest BCUT2D eigenvalue weighted by Crippen LogP contribution is 2.38. The second-order valence-corrected chi connectivity index (χ2v) is 7.26. The summed E-state index contributed by atoms with van der Waals surface area (Å²) in [6, 6.07) is 7.79. The van der Waals surface area contributed by atoms with Crippen LogP contribution in [0.15, 0.2) is 35.0 Å². The number of rotatable bonds is 5. The topological polar surface area (TPSA) is 99.2 Å². The lowest BCUT2D eigenvalue weighted by atomic mass is 10.1. The van der Waals surface area contributed by atoms with Crippen molar-refractivity contribution in [3.8, 4) is 17.5 Å². The summed E-state index contributed by atoms with van der Waals surface area (Å²) >= 11 is 0. The van der Waals surface area contributed by atoms with Crippen LogP contribution >= 0.6 is 0 Å². The Hall–Kier alpha value is -3.23. The van der Waals surface area contributed by atoms with E-state index in [-0.39, 0.29) is 6.08 Å². The van der Waals surface area contributed by atoms with Crippen LogP contribution in [0.3, 0.4) is 0 Å². The van der Waals surface area contributed by atoms with Crippen molar-refractivity contribution in [1.29, 1.82) is 0 Å². The lowest BCUT2D eigenvalue weighted by Crippen LogP contribution is -2.30. The highest BCUT2D eigenvalue weighted by Gasteiger charge is 2.26. The monoisotopic (exact) mass is 380 g/mol. The van der Waals surface area contributed by atoms with Crippen molar-refractivity contribution in [3.63, 3.8) is 0 Å². The lowest BCUT2D eigenvalue weighted by Gasteiger charge is -2.11. The molecule has 0 spiro atoms. The molecule has 1 saturated carbocycles. The molecule has 28 heavy (non-hydrogen) atoms. The van der Waals surface area contributed by atoms with Gasteiger partial charge in [-0.1, -0.05) is 34.6 Å². The Morgan fingerprint density at radius 1 is 1.18 bits per heavy atom. The van der Waals surface area contributed by atoms with Crippen molar-refractivity contribution < 1.29 is 14.1 Å². The predicted octanol–water partition coefficient (Wildman–Crippen LogP) is 2.85. The lowest BCUT2D eigenvalue weighted by molar-refractivity contribution is 0.142. The molecule has 1 saturated heterocycles. The zero-order chi connectivity index (χ0) is 18.9. The van der Waals surface area contributed by atoms with Crippen LogP contribution in [-0.2, 0) is 6.54 Å². The Balaban J connectivity index is 1.22. The molecule has 0 atom stereocenters. The molecule has 1 aromatic carbocycles. The van der Waals surface area contributed by atoms with Gasteiger partial charge in [-0.2, -0.15) is 4.98 Å². The molecule has 2 fully saturated rings. The minimum absolute atomic E-state index is 0.133. The van der Waals surface area contributed by atoms with E-state index in [0.717, 1.165) is 29.7 Å². The van der Waals surface area contributed by atoms with Crippen molar-refractivity contribution in [3.05, 3.63) is 41.7 Å². The van der Waals surface area contributed by atoms with E-state index in [4.69, 9.17) is 9.26 Å². The summed E-state index contributed by atoms with van der Waals surface area (Å²) in [6.07, 6.45) is 5.86. The standard InChI is InChI=1S/C19H20N6O3/c26-19(24-9-1-2-10-24)27-18-20-17(22-28-18)15-5-3-13(4-6-15)11-25-12-16(21-23-25)14-7-8-14/h3-6,12,14H,1-2,7-11H2. The Kier molecular flexibility index (Phi) is 4.27. The van der Waals surface area contributed by atoms with Crippen LogP contribution in [-0.4, -0.2) is 49.2 Å². The molecule has 0 bridgehead atoms. The maximum Gasteiger partial charge on any atom is 0.426 e. The highest BCUT2D eigenvalue weighted by molar-refractivity contribution is 5.70. The number of ether oxygens (including phenoxy) is 1. The first-order chi connectivity index (χ1) is 13.7. The third-order valence-electron chi connectivity index (χ3n) is 5.05. The summed E-state index contributed by atoms with van der Waals surface area (Å²) in [5, 5.41) is 12.3. The highest BCUT2D eigenvalue weighted by atomic mass is 16.7. The SMILES string of the molecule is O=C(Oc1nc(-c2ccc(Cn3cc(C4CC4)nn3)cc2)no1)N1CCCC1. The summed E-state index contributed by atoms with van der Waals surface area (Å²) in [5.74, 6) is 0.982. The van der Waals surface area contributed by atoms with E-state index >= 15 is 0 Å². The number of carbonyl (C=O) groups excluding carboxylic acids is 1. The van der Waals surface area contributed by atoms with Gasteiger partial charge in [0, 0.05) is 30.8 Å². The molecule has 9 heteroatoms. The number of hydrogen-bond acceptors (Lipinski definition) is 7. The first-order valence-corrected chi connectivity index (χ1v) is 9.54. The second kappa shape index (κ2) is 7.06. The normalized spacial score (nSPS) is 16.5. The van der Waals surface area contributed by atoms with Crippen molar-refractivity contribution >= 4 is 6.09 Å². The van der Waals surface area contributed by atoms with E-state index in [1.165, 1.54) is 12.8 Å². The summed E-state index contributed by atoms with van der Waals surface area (Å²) in [7, 11) is 0. The van der Waals surface area contributed by atoms with Crippen molar-refractivity contribution in [2.75, 3.05) is 13.1 Å². The van der Waals surface area contributed by atoms with Gasteiger partial charge < -0.3 is 9.64 Å². The molecule has 2 aliphatic rings. The molecule has 144 valence electrons. The van der Waals surface area contributed by atoms with Crippen molar-refractivity contribution in [2.45, 2.75) is 38.1 Å². The molecule has 3 aromatic rings. The van der Waals surface area contributed by atoms with Gasteiger partial charge in [0.25, 0.3) is 0 Å². The predicted molar refractivity (Wildman–Crippen MR) is 97.7 cm³/mol. The number of nitrogens with zero attached hydrogens (tertiary/aromatic N) is 6. The Morgan fingerprint density at radius 3 is 2.71 bits per heavy atom. The van der Waals surface area contributed by atoms with Gasteiger partial charge in [-0.3, -0.25) is 4.52 Å². The first-order valence-electron chi connectivity index (χ1n) is 9.54.